The smallest absolute Gasteiger partial charge is 0.200 e. The van der Waals surface area contributed by atoms with Gasteiger partial charge in [-0.15, -0.1) is 0 Å². The second kappa shape index (κ2) is 14.1. The van der Waals surface area contributed by atoms with E-state index in [-0.39, 0.29) is 52.1 Å². The van der Waals surface area contributed by atoms with Crippen LogP contribution < -0.4 is 28.4 Å². The van der Waals surface area contributed by atoms with Gasteiger partial charge in [0.05, 0.1) is 42.7 Å². The third kappa shape index (κ3) is 6.52. The molecule has 238 valence electrons. The van der Waals surface area contributed by atoms with Gasteiger partial charge in [-0.1, -0.05) is 38.1 Å². The molecule has 0 saturated carbocycles. The number of hydrogen-bond acceptors (Lipinski definition) is 9. The predicted molar refractivity (Wildman–Crippen MR) is 174 cm³/mol. The maximum Gasteiger partial charge on any atom is 0.200 e. The van der Waals surface area contributed by atoms with E-state index in [1.165, 1.54) is 28.4 Å². The highest BCUT2D eigenvalue weighted by Gasteiger charge is 2.29. The molecule has 4 aromatic rings. The normalized spacial score (nSPS) is 12.4. The van der Waals surface area contributed by atoms with Crippen LogP contribution in [0.3, 0.4) is 0 Å². The lowest BCUT2D eigenvalue weighted by Gasteiger charge is -2.27. The lowest BCUT2D eigenvalue weighted by Crippen LogP contribution is -2.10. The van der Waals surface area contributed by atoms with Crippen molar-refractivity contribution in [2.45, 2.75) is 25.7 Å². The van der Waals surface area contributed by atoms with Crippen LogP contribution in [-0.2, 0) is 0 Å². The third-order valence-corrected chi connectivity index (χ3v) is 8.00. The zero-order valence-electron chi connectivity index (χ0n) is 26.8. The Morgan fingerprint density at radius 2 is 0.933 bits per heavy atom. The summed E-state index contributed by atoms with van der Waals surface area (Å²) in [7, 11) is 9.17. The molecule has 0 saturated heterocycles. The first kappa shape index (κ1) is 32.7. The summed E-state index contributed by atoms with van der Waals surface area (Å²) in [4.78, 5) is 0. The Kier molecular flexibility index (Phi) is 10.2. The van der Waals surface area contributed by atoms with Crippen LogP contribution in [0.5, 0.6) is 51.7 Å². The van der Waals surface area contributed by atoms with Crippen molar-refractivity contribution in [1.82, 2.24) is 0 Å². The first-order chi connectivity index (χ1) is 21.6. The van der Waals surface area contributed by atoms with Crippen LogP contribution in [-0.4, -0.2) is 58.0 Å². The Balaban J connectivity index is 2.02. The minimum atomic E-state index is -0.303. The lowest BCUT2D eigenvalue weighted by molar-refractivity contribution is 0.338. The molecule has 0 amide bonds. The van der Waals surface area contributed by atoms with Gasteiger partial charge in [0.2, 0.25) is 11.5 Å². The fourth-order valence-electron chi connectivity index (χ4n) is 5.50. The topological polar surface area (TPSA) is 116 Å². The second-order valence-electron chi connectivity index (χ2n) is 10.4. The fourth-order valence-corrected chi connectivity index (χ4v) is 5.50. The van der Waals surface area contributed by atoms with Crippen molar-refractivity contribution in [2.75, 3.05) is 42.7 Å². The molecular formula is C36H40O9. The molecule has 45 heavy (non-hydrogen) atoms. The third-order valence-electron chi connectivity index (χ3n) is 8.00. The SMILES string of the molecule is COc1cc(C(C)c2c(/C=C/c3ccc(O)cc3)cc(OC)c(C(C)c3cc(OC)c(O)c(OC)c3)c2OC)cc(OC)c1O. The van der Waals surface area contributed by atoms with Crippen LogP contribution in [0.2, 0.25) is 0 Å². The minimum absolute atomic E-state index is 0.0883. The van der Waals surface area contributed by atoms with Gasteiger partial charge in [0.25, 0.3) is 0 Å². The molecule has 0 spiro atoms. The average molecular weight is 617 g/mol. The van der Waals surface area contributed by atoms with Gasteiger partial charge in [-0.2, -0.15) is 0 Å². The number of ether oxygens (including phenoxy) is 6. The van der Waals surface area contributed by atoms with Crippen molar-refractivity contribution in [3.05, 3.63) is 88.0 Å². The average Bonchev–Trinajstić information content (AvgIpc) is 3.06. The maximum absolute atomic E-state index is 10.6. The lowest BCUT2D eigenvalue weighted by atomic mass is 9.82. The Labute approximate surface area is 263 Å². The molecule has 2 unspecified atom stereocenters. The van der Waals surface area contributed by atoms with Crippen LogP contribution in [0.25, 0.3) is 12.2 Å². The van der Waals surface area contributed by atoms with Crippen molar-refractivity contribution < 1.29 is 43.7 Å². The van der Waals surface area contributed by atoms with E-state index < -0.39 is 0 Å². The maximum atomic E-state index is 10.6. The standard InChI is InChI=1S/C36H40O9/c1-20(24-16-28(41-4)34(38)29(17-24)42-5)32-23(12-9-22-10-13-26(37)14-11-22)15-27(40-3)33(36(32)45-8)21(2)25-18-30(43-6)35(39)31(19-25)44-7/h9-21,37-39H,1-8H3/b12-9+. The summed E-state index contributed by atoms with van der Waals surface area (Å²) in [5.41, 5.74) is 4.96. The predicted octanol–water partition coefficient (Wildman–Crippen LogP) is 7.33. The number of benzene rings is 4. The second-order valence-corrected chi connectivity index (χ2v) is 10.4. The number of aromatic hydroxyl groups is 3. The summed E-state index contributed by atoms with van der Waals surface area (Å²) < 4.78 is 34.0. The molecule has 0 fully saturated rings. The molecule has 0 aliphatic heterocycles. The molecule has 9 heteroatoms. The van der Waals surface area contributed by atoms with Gasteiger partial charge in [0, 0.05) is 23.0 Å². The van der Waals surface area contributed by atoms with Gasteiger partial charge in [-0.05, 0) is 64.7 Å². The van der Waals surface area contributed by atoms with Gasteiger partial charge < -0.3 is 43.7 Å². The van der Waals surface area contributed by atoms with Crippen molar-refractivity contribution in [3.8, 4) is 51.7 Å². The first-order valence-electron chi connectivity index (χ1n) is 14.3. The highest BCUT2D eigenvalue weighted by molar-refractivity contribution is 5.76. The Hall–Kier alpha value is -5.18. The molecule has 0 heterocycles. The molecule has 0 aliphatic carbocycles. The Morgan fingerprint density at radius 3 is 1.33 bits per heavy atom. The summed E-state index contributed by atoms with van der Waals surface area (Å²) in [6.45, 7) is 4.05. The van der Waals surface area contributed by atoms with Gasteiger partial charge >= 0.3 is 0 Å². The zero-order valence-corrected chi connectivity index (χ0v) is 26.8. The molecule has 0 aromatic heterocycles. The van der Waals surface area contributed by atoms with Crippen molar-refractivity contribution in [2.24, 2.45) is 0 Å². The molecule has 0 aliphatic rings. The molecule has 0 radical (unpaired) electrons. The van der Waals surface area contributed by atoms with E-state index in [0.717, 1.165) is 33.4 Å². The van der Waals surface area contributed by atoms with E-state index in [0.29, 0.717) is 11.5 Å². The van der Waals surface area contributed by atoms with Crippen molar-refractivity contribution in [3.63, 3.8) is 0 Å². The first-order valence-corrected chi connectivity index (χ1v) is 14.3. The van der Waals surface area contributed by atoms with Crippen LogP contribution in [0, 0.1) is 0 Å². The molecule has 2 atom stereocenters. The van der Waals surface area contributed by atoms with E-state index in [9.17, 15) is 15.3 Å². The number of methoxy groups -OCH3 is 6. The number of phenols is 3. The van der Waals surface area contributed by atoms with Crippen LogP contribution in [0.4, 0.5) is 0 Å². The molecule has 3 N–H and O–H groups in total. The molecular weight excluding hydrogens is 576 g/mol. The monoisotopic (exact) mass is 616 g/mol. The fraction of sp³-hybridized carbons (Fsp3) is 0.278. The summed E-state index contributed by atoms with van der Waals surface area (Å²) in [6, 6.07) is 15.9. The Bertz CT molecular complexity index is 1630. The highest BCUT2D eigenvalue weighted by atomic mass is 16.5. The number of phenolic OH excluding ortho intramolecular Hbond substituents is 3. The van der Waals surface area contributed by atoms with Gasteiger partial charge in [-0.25, -0.2) is 0 Å². The zero-order chi connectivity index (χ0) is 32.8. The van der Waals surface area contributed by atoms with Gasteiger partial charge in [0.1, 0.15) is 17.2 Å². The molecule has 0 bridgehead atoms. The summed E-state index contributed by atoms with van der Waals surface area (Å²) in [5.74, 6) is 1.71. The van der Waals surface area contributed by atoms with Crippen LogP contribution in [0.15, 0.2) is 54.6 Å². The van der Waals surface area contributed by atoms with Crippen LogP contribution in [0.1, 0.15) is 59.1 Å². The van der Waals surface area contributed by atoms with E-state index in [1.54, 1.807) is 50.6 Å². The number of hydrogen-bond donors (Lipinski definition) is 3. The molecule has 9 nitrogen and oxygen atoms in total. The highest BCUT2D eigenvalue weighted by Crippen LogP contribution is 2.50. The summed E-state index contributed by atoms with van der Waals surface area (Å²) in [6.07, 6.45) is 3.92. The minimum Gasteiger partial charge on any atom is -0.508 e. The molecule has 4 aromatic carbocycles. The van der Waals surface area contributed by atoms with Crippen LogP contribution >= 0.6 is 0 Å². The van der Waals surface area contributed by atoms with Crippen molar-refractivity contribution in [1.29, 1.82) is 0 Å². The summed E-state index contributed by atoms with van der Waals surface area (Å²) in [5, 5.41) is 30.9. The van der Waals surface area contributed by atoms with Gasteiger partial charge in [-0.3, -0.25) is 0 Å². The van der Waals surface area contributed by atoms with E-state index >= 15 is 0 Å². The van der Waals surface area contributed by atoms with Gasteiger partial charge in [0.15, 0.2) is 23.0 Å². The largest absolute Gasteiger partial charge is 0.508 e. The van der Waals surface area contributed by atoms with E-state index in [4.69, 9.17) is 28.4 Å². The van der Waals surface area contributed by atoms with E-state index in [2.05, 4.69) is 0 Å². The molecule has 4 rings (SSSR count). The van der Waals surface area contributed by atoms with Crippen molar-refractivity contribution >= 4 is 12.2 Å². The number of rotatable bonds is 12. The van der Waals surface area contributed by atoms with E-state index in [1.807, 2.05) is 44.2 Å². The summed E-state index contributed by atoms with van der Waals surface area (Å²) >= 11 is 0. The Morgan fingerprint density at radius 1 is 0.511 bits per heavy atom. The quantitative estimate of drug-likeness (QED) is 0.141.